The van der Waals surface area contributed by atoms with E-state index in [9.17, 15) is 4.79 Å². The highest BCUT2D eigenvalue weighted by molar-refractivity contribution is 7.80. The molecule has 0 aromatic heterocycles. The fraction of sp³-hybridized carbons (Fsp3) is 0.429. The van der Waals surface area contributed by atoms with Crippen molar-refractivity contribution in [2.45, 2.75) is 13.8 Å². The van der Waals surface area contributed by atoms with Crippen molar-refractivity contribution in [3.63, 3.8) is 0 Å². The van der Waals surface area contributed by atoms with Gasteiger partial charge in [-0.15, -0.1) is 0 Å². The molecule has 0 aliphatic rings. The molecule has 0 aliphatic heterocycles. The van der Waals surface area contributed by atoms with Crippen LogP contribution in [0.2, 0.25) is 0 Å². The molecule has 0 rings (SSSR count). The summed E-state index contributed by atoms with van der Waals surface area (Å²) in [6.45, 7) is 7.70. The second-order valence-electron chi connectivity index (χ2n) is 2.09. The van der Waals surface area contributed by atoms with Gasteiger partial charge in [0.2, 0.25) is 0 Å². The maximum atomic E-state index is 10.9. The predicted molar refractivity (Wildman–Crippen MR) is 49.2 cm³/mol. The van der Waals surface area contributed by atoms with Gasteiger partial charge in [0.05, 0.1) is 0 Å². The number of carbonyl (C=O) groups is 1. The second-order valence-corrected chi connectivity index (χ2v) is 2.50. The fourth-order valence-electron chi connectivity index (χ4n) is 0.415. The number of amides is 1. The molecule has 3 nitrogen and oxygen atoms in total. The molecule has 0 atom stereocenters. The van der Waals surface area contributed by atoms with Crippen LogP contribution in [0, 0.1) is 0 Å². The Morgan fingerprint density at radius 1 is 1.64 bits per heavy atom. The molecule has 0 heterocycles. The molecule has 0 fully saturated rings. The van der Waals surface area contributed by atoms with Crippen LogP contribution in [0.5, 0.6) is 0 Å². The van der Waals surface area contributed by atoms with Crippen LogP contribution in [0.4, 0.5) is 0 Å². The second kappa shape index (κ2) is 4.85. The highest BCUT2D eigenvalue weighted by Gasteiger charge is 2.02. The summed E-state index contributed by atoms with van der Waals surface area (Å²) in [6, 6.07) is 0. The molecule has 4 heteroatoms. The van der Waals surface area contributed by atoms with Gasteiger partial charge in [-0.1, -0.05) is 6.58 Å². The van der Waals surface area contributed by atoms with Crippen molar-refractivity contribution >= 4 is 23.2 Å². The molecule has 62 valence electrons. The summed E-state index contributed by atoms with van der Waals surface area (Å²) in [6.07, 6.45) is 0. The van der Waals surface area contributed by atoms with E-state index in [0.717, 1.165) is 0 Å². The van der Waals surface area contributed by atoms with Crippen molar-refractivity contribution in [2.75, 3.05) is 6.54 Å². The van der Waals surface area contributed by atoms with Crippen LogP contribution in [0.25, 0.3) is 0 Å². The van der Waals surface area contributed by atoms with Crippen LogP contribution < -0.4 is 10.6 Å². The minimum absolute atomic E-state index is 0.240. The molecule has 2 N–H and O–H groups in total. The zero-order valence-electron chi connectivity index (χ0n) is 6.73. The summed E-state index contributed by atoms with van der Waals surface area (Å²) in [5.74, 6) is -0.240. The van der Waals surface area contributed by atoms with Gasteiger partial charge in [0.15, 0.2) is 5.11 Å². The van der Waals surface area contributed by atoms with E-state index in [-0.39, 0.29) is 5.91 Å². The molecule has 0 radical (unpaired) electrons. The van der Waals surface area contributed by atoms with Gasteiger partial charge in [-0.2, -0.15) is 0 Å². The van der Waals surface area contributed by atoms with E-state index < -0.39 is 0 Å². The first-order valence-electron chi connectivity index (χ1n) is 3.32. The first-order chi connectivity index (χ1) is 5.07. The normalized spacial score (nSPS) is 8.55. The molecule has 11 heavy (non-hydrogen) atoms. The van der Waals surface area contributed by atoms with Crippen molar-refractivity contribution < 1.29 is 4.79 Å². The van der Waals surface area contributed by atoms with Crippen LogP contribution in [0.3, 0.4) is 0 Å². The maximum absolute atomic E-state index is 10.9. The summed E-state index contributed by atoms with van der Waals surface area (Å²) >= 11 is 4.76. The van der Waals surface area contributed by atoms with E-state index in [0.29, 0.717) is 17.2 Å². The first kappa shape index (κ1) is 10.1. The summed E-state index contributed by atoms with van der Waals surface area (Å²) in [5, 5.41) is 5.60. The average molecular weight is 172 g/mol. The quantitative estimate of drug-likeness (QED) is 0.473. The zero-order valence-corrected chi connectivity index (χ0v) is 7.55. The van der Waals surface area contributed by atoms with Gasteiger partial charge in [-0.25, -0.2) is 0 Å². The molecule has 0 spiro atoms. The van der Waals surface area contributed by atoms with Gasteiger partial charge in [0.25, 0.3) is 5.91 Å². The van der Waals surface area contributed by atoms with Crippen molar-refractivity contribution in [1.82, 2.24) is 10.6 Å². The van der Waals surface area contributed by atoms with E-state index in [2.05, 4.69) is 17.2 Å². The monoisotopic (exact) mass is 172 g/mol. The molecule has 0 saturated carbocycles. The van der Waals surface area contributed by atoms with E-state index in [1.807, 2.05) is 6.92 Å². The highest BCUT2D eigenvalue weighted by atomic mass is 32.1. The largest absolute Gasteiger partial charge is 0.363 e. The van der Waals surface area contributed by atoms with Gasteiger partial charge in [0, 0.05) is 12.1 Å². The van der Waals surface area contributed by atoms with Crippen LogP contribution >= 0.6 is 12.2 Å². The van der Waals surface area contributed by atoms with E-state index in [4.69, 9.17) is 12.2 Å². The maximum Gasteiger partial charge on any atom is 0.252 e. The third kappa shape index (κ3) is 4.50. The number of rotatable bonds is 2. The Bertz CT molecular complexity index is 189. The Hall–Kier alpha value is -0.900. The lowest BCUT2D eigenvalue weighted by molar-refractivity contribution is -0.116. The number of hydrogen-bond donors (Lipinski definition) is 2. The SMILES string of the molecule is C=C(C)C(=O)NC(=S)NCC. The Morgan fingerprint density at radius 3 is 2.55 bits per heavy atom. The van der Waals surface area contributed by atoms with Crippen molar-refractivity contribution in [3.05, 3.63) is 12.2 Å². The molecule has 1 amide bonds. The molecule has 0 bridgehead atoms. The molecular weight excluding hydrogens is 160 g/mol. The number of carbonyl (C=O) groups excluding carboxylic acids is 1. The molecule has 0 saturated heterocycles. The smallest absolute Gasteiger partial charge is 0.252 e. The minimum Gasteiger partial charge on any atom is -0.363 e. The molecule has 0 aliphatic carbocycles. The molecular formula is C7H12N2OS. The Labute approximate surface area is 71.9 Å². The van der Waals surface area contributed by atoms with Gasteiger partial charge < -0.3 is 5.32 Å². The molecule has 0 unspecified atom stereocenters. The lowest BCUT2D eigenvalue weighted by Gasteiger charge is -2.05. The third-order valence-electron chi connectivity index (χ3n) is 0.952. The fourth-order valence-corrected chi connectivity index (χ4v) is 0.652. The van der Waals surface area contributed by atoms with Crippen molar-refractivity contribution in [1.29, 1.82) is 0 Å². The predicted octanol–water partition coefficient (Wildman–Crippen LogP) is 0.573. The Kier molecular flexibility index (Phi) is 4.45. The topological polar surface area (TPSA) is 41.1 Å². The minimum atomic E-state index is -0.240. The average Bonchev–Trinajstić information content (AvgIpc) is 1.87. The van der Waals surface area contributed by atoms with E-state index in [1.165, 1.54) is 0 Å². The van der Waals surface area contributed by atoms with Crippen molar-refractivity contribution in [2.24, 2.45) is 0 Å². The third-order valence-corrected chi connectivity index (χ3v) is 1.20. The van der Waals surface area contributed by atoms with Crippen LogP contribution in [0.15, 0.2) is 12.2 Å². The zero-order chi connectivity index (χ0) is 8.85. The van der Waals surface area contributed by atoms with Gasteiger partial charge in [0.1, 0.15) is 0 Å². The summed E-state index contributed by atoms with van der Waals surface area (Å²) in [5.41, 5.74) is 0.449. The lowest BCUT2D eigenvalue weighted by atomic mass is 10.3. The Morgan fingerprint density at radius 2 is 2.18 bits per heavy atom. The van der Waals surface area contributed by atoms with Gasteiger partial charge >= 0.3 is 0 Å². The highest BCUT2D eigenvalue weighted by Crippen LogP contribution is 1.84. The van der Waals surface area contributed by atoms with Gasteiger partial charge in [-0.05, 0) is 26.1 Å². The Balaban J connectivity index is 3.76. The molecule has 0 aromatic rings. The lowest BCUT2D eigenvalue weighted by Crippen LogP contribution is -2.39. The first-order valence-corrected chi connectivity index (χ1v) is 3.73. The van der Waals surface area contributed by atoms with Crippen LogP contribution in [-0.4, -0.2) is 17.6 Å². The van der Waals surface area contributed by atoms with E-state index in [1.54, 1.807) is 6.92 Å². The van der Waals surface area contributed by atoms with Crippen LogP contribution in [-0.2, 0) is 4.79 Å². The van der Waals surface area contributed by atoms with E-state index >= 15 is 0 Å². The summed E-state index contributed by atoms with van der Waals surface area (Å²) in [4.78, 5) is 10.9. The standard InChI is InChI=1S/C7H12N2OS/c1-4-8-7(11)9-6(10)5(2)3/h2,4H2,1,3H3,(H2,8,9,10,11). The number of nitrogens with one attached hydrogen (secondary N) is 2. The number of hydrogen-bond acceptors (Lipinski definition) is 2. The van der Waals surface area contributed by atoms with Crippen molar-refractivity contribution in [3.8, 4) is 0 Å². The summed E-state index contributed by atoms with van der Waals surface area (Å²) < 4.78 is 0. The number of thiocarbonyl (C=S) groups is 1. The summed E-state index contributed by atoms with van der Waals surface area (Å²) in [7, 11) is 0. The van der Waals surface area contributed by atoms with Gasteiger partial charge in [-0.3, -0.25) is 10.1 Å². The molecule has 0 aromatic carbocycles. The van der Waals surface area contributed by atoms with Crippen LogP contribution in [0.1, 0.15) is 13.8 Å².